The second kappa shape index (κ2) is 13.0. The minimum absolute atomic E-state index is 0.0329. The number of aromatic nitrogens is 3. The molecule has 4 aliphatic heterocycles. The highest BCUT2D eigenvalue weighted by molar-refractivity contribution is 5.89. The highest BCUT2D eigenvalue weighted by Crippen LogP contribution is 2.43. The van der Waals surface area contributed by atoms with Crippen molar-refractivity contribution in [2.75, 3.05) is 51.6 Å². The molecule has 3 fully saturated rings. The quantitative estimate of drug-likeness (QED) is 0.311. The highest BCUT2D eigenvalue weighted by atomic mass is 16.6. The van der Waals surface area contributed by atoms with Crippen molar-refractivity contribution in [1.29, 1.82) is 0 Å². The van der Waals surface area contributed by atoms with Crippen LogP contribution in [0.1, 0.15) is 55.7 Å². The van der Waals surface area contributed by atoms with E-state index < -0.39 is 17.7 Å². The number of likely N-dealkylation sites (tertiary alicyclic amines) is 3. The summed E-state index contributed by atoms with van der Waals surface area (Å²) in [6.45, 7) is 7.17. The van der Waals surface area contributed by atoms with E-state index in [-0.39, 0.29) is 29.3 Å². The Balaban J connectivity index is 1.06. The summed E-state index contributed by atoms with van der Waals surface area (Å²) in [6, 6.07) is 6.46. The van der Waals surface area contributed by atoms with Crippen LogP contribution >= 0.6 is 0 Å². The molecule has 6 heterocycles. The largest absolute Gasteiger partial charge is 0.437 e. The molecule has 2 atom stereocenters. The lowest BCUT2D eigenvalue weighted by Crippen LogP contribution is -2.56. The molecule has 2 aromatic heterocycles. The van der Waals surface area contributed by atoms with Gasteiger partial charge in [0, 0.05) is 75.7 Å². The van der Waals surface area contributed by atoms with Gasteiger partial charge in [0.1, 0.15) is 17.5 Å². The summed E-state index contributed by atoms with van der Waals surface area (Å²) in [5.41, 5.74) is 2.82. The number of nitrogens with zero attached hydrogens (tertiary/aromatic N) is 5. The summed E-state index contributed by atoms with van der Waals surface area (Å²) in [4.78, 5) is 63.2. The molecular formula is C35H45N9O5. The molecule has 0 aliphatic carbocycles. The van der Waals surface area contributed by atoms with Crippen molar-refractivity contribution in [2.45, 2.75) is 70.1 Å². The van der Waals surface area contributed by atoms with Gasteiger partial charge in [-0.3, -0.25) is 20.0 Å². The number of fused-ring (bicyclic) bond motifs is 3. The lowest BCUT2D eigenvalue weighted by Gasteiger charge is -2.43. The van der Waals surface area contributed by atoms with E-state index in [1.165, 1.54) is 0 Å². The lowest BCUT2D eigenvalue weighted by molar-refractivity contribution is -0.136. The number of hydrogen-bond acceptors (Lipinski definition) is 8. The molecule has 1 aromatic carbocycles. The fourth-order valence-electron chi connectivity index (χ4n) is 8.13. The Morgan fingerprint density at radius 2 is 1.71 bits per heavy atom. The second-order valence-electron chi connectivity index (χ2n) is 14.2. The van der Waals surface area contributed by atoms with Crippen LogP contribution in [-0.4, -0.2) is 112 Å². The lowest BCUT2D eigenvalue weighted by atomic mass is 9.77. The third-order valence-electron chi connectivity index (χ3n) is 11.2. The Morgan fingerprint density at radius 1 is 1.00 bits per heavy atom. The SMILES string of the molecule is CN[C@H](C)C(=O)N1CCC2(CC1)CCN(C(=O)[C@@H](Cc1cc(C)c3[nH]ncc3c1)NC(=O)N1CCC3(CC1)OC(=O)Nc1ncccc13)C2. The first kappa shape index (κ1) is 32.8. The van der Waals surface area contributed by atoms with Crippen LogP contribution in [0.5, 0.6) is 0 Å². The Labute approximate surface area is 285 Å². The van der Waals surface area contributed by atoms with Gasteiger partial charge in [-0.25, -0.2) is 14.6 Å². The third-order valence-corrected chi connectivity index (χ3v) is 11.2. The predicted molar refractivity (Wildman–Crippen MR) is 182 cm³/mol. The van der Waals surface area contributed by atoms with E-state index in [1.807, 2.05) is 47.9 Å². The molecule has 3 saturated heterocycles. The number of hydrogen-bond donors (Lipinski definition) is 4. The summed E-state index contributed by atoms with van der Waals surface area (Å²) in [6.07, 6.45) is 6.59. The van der Waals surface area contributed by atoms with E-state index in [1.54, 1.807) is 24.3 Å². The number of likely N-dealkylation sites (N-methyl/N-ethyl adjacent to an activating group) is 1. The summed E-state index contributed by atoms with van der Waals surface area (Å²) in [5.74, 6) is 0.498. The number of H-pyrrole nitrogens is 1. The van der Waals surface area contributed by atoms with Crippen LogP contribution in [0.3, 0.4) is 0 Å². The van der Waals surface area contributed by atoms with Gasteiger partial charge in [-0.2, -0.15) is 5.10 Å². The Kier molecular flexibility index (Phi) is 8.67. The van der Waals surface area contributed by atoms with Crippen molar-refractivity contribution >= 4 is 40.7 Å². The van der Waals surface area contributed by atoms with Crippen molar-refractivity contribution in [3.8, 4) is 0 Å². The molecular weight excluding hydrogens is 626 g/mol. The van der Waals surface area contributed by atoms with Gasteiger partial charge >= 0.3 is 12.1 Å². The fraction of sp³-hybridized carbons (Fsp3) is 0.543. The number of amides is 5. The van der Waals surface area contributed by atoms with E-state index in [0.29, 0.717) is 64.3 Å². The van der Waals surface area contributed by atoms with Crippen LogP contribution in [0.25, 0.3) is 10.9 Å². The molecule has 14 heteroatoms. The molecule has 0 radical (unpaired) electrons. The van der Waals surface area contributed by atoms with Gasteiger partial charge < -0.3 is 30.1 Å². The molecule has 7 rings (SSSR count). The third kappa shape index (κ3) is 6.29. The first-order valence-electron chi connectivity index (χ1n) is 17.3. The Morgan fingerprint density at radius 3 is 2.45 bits per heavy atom. The topological polar surface area (TPSA) is 165 Å². The summed E-state index contributed by atoms with van der Waals surface area (Å²) >= 11 is 0. The van der Waals surface area contributed by atoms with Crippen molar-refractivity contribution < 1.29 is 23.9 Å². The summed E-state index contributed by atoms with van der Waals surface area (Å²) in [7, 11) is 1.79. The van der Waals surface area contributed by atoms with Crippen LogP contribution in [0, 0.1) is 12.3 Å². The number of pyridine rings is 1. The predicted octanol–water partition coefficient (Wildman–Crippen LogP) is 2.89. The maximum atomic E-state index is 14.3. The average Bonchev–Trinajstić information content (AvgIpc) is 3.75. The Hall–Kier alpha value is -4.72. The molecule has 0 bridgehead atoms. The first-order chi connectivity index (χ1) is 23.6. The number of ether oxygens (including phenoxy) is 1. The second-order valence-corrected chi connectivity index (χ2v) is 14.2. The maximum absolute atomic E-state index is 14.3. The van der Waals surface area contributed by atoms with Crippen LogP contribution in [0.4, 0.5) is 15.4 Å². The van der Waals surface area contributed by atoms with E-state index in [2.05, 4.69) is 31.1 Å². The maximum Gasteiger partial charge on any atom is 0.413 e. The number of piperidine rings is 2. The number of aromatic amines is 1. The van der Waals surface area contributed by atoms with Gasteiger partial charge in [-0.1, -0.05) is 6.07 Å². The number of benzene rings is 1. The number of urea groups is 1. The van der Waals surface area contributed by atoms with Crippen LogP contribution in [0.15, 0.2) is 36.7 Å². The normalized spacial score (nSPS) is 20.9. The molecule has 3 aromatic rings. The van der Waals surface area contributed by atoms with Gasteiger partial charge in [-0.05, 0) is 74.9 Å². The number of nitrogens with one attached hydrogen (secondary N) is 4. The van der Waals surface area contributed by atoms with E-state index in [4.69, 9.17) is 4.74 Å². The van der Waals surface area contributed by atoms with Crippen LogP contribution < -0.4 is 16.0 Å². The number of carbonyl (C=O) groups is 4. The summed E-state index contributed by atoms with van der Waals surface area (Å²) < 4.78 is 5.82. The highest BCUT2D eigenvalue weighted by Gasteiger charge is 2.47. The van der Waals surface area contributed by atoms with E-state index in [0.717, 1.165) is 46.9 Å². The molecule has 0 saturated carbocycles. The average molecular weight is 672 g/mol. The number of aryl methyl sites for hydroxylation is 1. The van der Waals surface area contributed by atoms with Crippen molar-refractivity contribution in [3.63, 3.8) is 0 Å². The minimum atomic E-state index is -0.857. The monoisotopic (exact) mass is 671 g/mol. The molecule has 0 unspecified atom stereocenters. The van der Waals surface area contributed by atoms with Crippen molar-refractivity contribution in [2.24, 2.45) is 5.41 Å². The minimum Gasteiger partial charge on any atom is -0.437 e. The van der Waals surface area contributed by atoms with Gasteiger partial charge in [0.15, 0.2) is 0 Å². The number of anilines is 1. The van der Waals surface area contributed by atoms with Gasteiger partial charge in [-0.15, -0.1) is 0 Å². The molecule has 260 valence electrons. The van der Waals surface area contributed by atoms with Crippen LogP contribution in [0.2, 0.25) is 0 Å². The van der Waals surface area contributed by atoms with Crippen molar-refractivity contribution in [3.05, 3.63) is 53.3 Å². The first-order valence-corrected chi connectivity index (χ1v) is 17.3. The molecule has 4 N–H and O–H groups in total. The molecule has 49 heavy (non-hydrogen) atoms. The standard InChI is InChI=1S/C35H45N9O5/c1-22-17-24(18-25-20-38-41-28(22)25)19-27(31(46)44-14-8-34(21-44)6-12-42(13-7-34)30(45)23(2)36-3)39-32(47)43-15-9-35(10-16-43)26-5-4-11-37-29(26)40-33(48)49-35/h4-5,11,17-18,20,23,27,36H,6-10,12-16,19,21H2,1-3H3,(H,38,41)(H,39,47)(H,37,40,48)/t23-,27-/m1/s1. The molecule has 5 amide bonds. The Bertz CT molecular complexity index is 1760. The molecule has 14 nitrogen and oxygen atoms in total. The molecule has 4 aliphatic rings. The smallest absolute Gasteiger partial charge is 0.413 e. The van der Waals surface area contributed by atoms with Gasteiger partial charge in [0.05, 0.1) is 17.8 Å². The zero-order chi connectivity index (χ0) is 34.3. The van der Waals surface area contributed by atoms with E-state index in [9.17, 15) is 19.2 Å². The van der Waals surface area contributed by atoms with Crippen LogP contribution in [-0.2, 0) is 26.3 Å². The van der Waals surface area contributed by atoms with Gasteiger partial charge in [0.2, 0.25) is 11.8 Å². The van der Waals surface area contributed by atoms with Crippen molar-refractivity contribution in [1.82, 2.24) is 40.5 Å². The number of rotatable bonds is 6. The fourth-order valence-corrected chi connectivity index (χ4v) is 8.13. The summed E-state index contributed by atoms with van der Waals surface area (Å²) in [5, 5.41) is 17.0. The zero-order valence-corrected chi connectivity index (χ0v) is 28.4. The van der Waals surface area contributed by atoms with E-state index >= 15 is 0 Å². The molecule has 2 spiro atoms. The zero-order valence-electron chi connectivity index (χ0n) is 28.4. The van der Waals surface area contributed by atoms with Gasteiger partial charge in [0.25, 0.3) is 0 Å². The number of carbonyl (C=O) groups excluding carboxylic acids is 4.